The lowest BCUT2D eigenvalue weighted by molar-refractivity contribution is 0.496. The van der Waals surface area contributed by atoms with Gasteiger partial charge in [0, 0.05) is 0 Å². The van der Waals surface area contributed by atoms with Crippen molar-refractivity contribution >= 4 is 10.8 Å². The van der Waals surface area contributed by atoms with Gasteiger partial charge in [-0.05, 0) is 83.2 Å². The highest BCUT2D eigenvalue weighted by Gasteiger charge is 2.22. The number of benzene rings is 3. The van der Waals surface area contributed by atoms with Gasteiger partial charge in [-0.2, -0.15) is 0 Å². The minimum absolute atomic E-state index is 0.371. The van der Waals surface area contributed by atoms with Crippen LogP contribution in [0.25, 0.3) is 10.8 Å². The lowest BCUT2D eigenvalue weighted by atomic mass is 9.79. The smallest absolute Gasteiger partial charge is 0.159 e. The van der Waals surface area contributed by atoms with E-state index in [1.54, 1.807) is 0 Å². The molecular formula is C25H26F2. The predicted molar refractivity (Wildman–Crippen MR) is 108 cm³/mol. The molecule has 0 spiro atoms. The molecule has 1 atom stereocenters. The van der Waals surface area contributed by atoms with Crippen molar-refractivity contribution in [3.05, 3.63) is 82.4 Å². The lowest BCUT2D eigenvalue weighted by Gasteiger charge is -2.25. The van der Waals surface area contributed by atoms with Crippen LogP contribution in [0.5, 0.6) is 0 Å². The summed E-state index contributed by atoms with van der Waals surface area (Å²) in [4.78, 5) is 0. The van der Waals surface area contributed by atoms with E-state index in [4.69, 9.17) is 0 Å². The maximum absolute atomic E-state index is 13.6. The Hall–Kier alpha value is -2.22. The van der Waals surface area contributed by atoms with Crippen molar-refractivity contribution in [3.8, 4) is 0 Å². The predicted octanol–water partition coefficient (Wildman–Crippen LogP) is 7.12. The minimum atomic E-state index is -0.733. The summed E-state index contributed by atoms with van der Waals surface area (Å²) >= 11 is 0. The van der Waals surface area contributed by atoms with Crippen LogP contribution in [0.3, 0.4) is 0 Å². The molecule has 0 N–H and O–H groups in total. The lowest BCUT2D eigenvalue weighted by Crippen LogP contribution is -2.13. The van der Waals surface area contributed by atoms with E-state index in [2.05, 4.69) is 43.3 Å². The fourth-order valence-corrected chi connectivity index (χ4v) is 4.34. The van der Waals surface area contributed by atoms with E-state index in [0.29, 0.717) is 5.92 Å². The molecule has 0 amide bonds. The fourth-order valence-electron chi connectivity index (χ4n) is 4.34. The van der Waals surface area contributed by atoms with Crippen molar-refractivity contribution in [3.63, 3.8) is 0 Å². The summed E-state index contributed by atoms with van der Waals surface area (Å²) in [5.74, 6) is -1.09. The van der Waals surface area contributed by atoms with E-state index in [0.717, 1.165) is 36.8 Å². The second kappa shape index (κ2) is 7.80. The average molecular weight is 364 g/mol. The normalized spacial score (nSPS) is 16.5. The van der Waals surface area contributed by atoms with E-state index in [9.17, 15) is 8.78 Å². The summed E-state index contributed by atoms with van der Waals surface area (Å²) in [7, 11) is 0. The molecular weight excluding hydrogens is 338 g/mol. The zero-order valence-corrected chi connectivity index (χ0v) is 15.9. The van der Waals surface area contributed by atoms with Crippen molar-refractivity contribution in [1.29, 1.82) is 0 Å². The molecule has 0 aromatic heterocycles. The Labute approximate surface area is 160 Å². The molecule has 0 aliphatic heterocycles. The van der Waals surface area contributed by atoms with Gasteiger partial charge in [-0.25, -0.2) is 8.78 Å². The first kappa shape index (κ1) is 18.2. The molecule has 0 saturated heterocycles. The van der Waals surface area contributed by atoms with Crippen molar-refractivity contribution in [1.82, 2.24) is 0 Å². The summed E-state index contributed by atoms with van der Waals surface area (Å²) in [6.45, 7) is 2.23. The Bertz CT molecular complexity index is 958. The Balaban J connectivity index is 1.55. The first-order valence-corrected chi connectivity index (χ1v) is 10.1. The third-order valence-corrected chi connectivity index (χ3v) is 5.94. The van der Waals surface area contributed by atoms with Crippen LogP contribution in [0.4, 0.5) is 8.78 Å². The van der Waals surface area contributed by atoms with Crippen molar-refractivity contribution in [2.24, 2.45) is 0 Å². The highest BCUT2D eigenvalue weighted by molar-refractivity contribution is 5.84. The van der Waals surface area contributed by atoms with Gasteiger partial charge in [0.25, 0.3) is 0 Å². The van der Waals surface area contributed by atoms with Gasteiger partial charge in [0.15, 0.2) is 11.6 Å². The SMILES string of the molecule is CCCCCc1ccc2cc(C3CCc4cc(F)c(F)cc4C3)ccc2c1. The summed E-state index contributed by atoms with van der Waals surface area (Å²) in [5, 5.41) is 2.56. The molecule has 0 saturated carbocycles. The molecule has 1 unspecified atom stereocenters. The molecule has 1 aliphatic rings. The number of hydrogen-bond acceptors (Lipinski definition) is 0. The van der Waals surface area contributed by atoms with Crippen LogP contribution >= 0.6 is 0 Å². The molecule has 4 rings (SSSR count). The van der Waals surface area contributed by atoms with Gasteiger partial charge < -0.3 is 0 Å². The van der Waals surface area contributed by atoms with Crippen LogP contribution in [0, 0.1) is 11.6 Å². The third-order valence-electron chi connectivity index (χ3n) is 5.94. The number of rotatable bonds is 5. The van der Waals surface area contributed by atoms with Crippen LogP contribution in [0.1, 0.15) is 60.8 Å². The second-order valence-electron chi connectivity index (χ2n) is 7.87. The van der Waals surface area contributed by atoms with Crippen LogP contribution in [-0.2, 0) is 19.3 Å². The zero-order chi connectivity index (χ0) is 18.8. The van der Waals surface area contributed by atoms with E-state index < -0.39 is 11.6 Å². The molecule has 3 aromatic carbocycles. The molecule has 0 fully saturated rings. The monoisotopic (exact) mass is 364 g/mol. The van der Waals surface area contributed by atoms with Crippen LogP contribution in [-0.4, -0.2) is 0 Å². The molecule has 2 heteroatoms. The number of halogens is 2. The Morgan fingerprint density at radius 2 is 1.59 bits per heavy atom. The molecule has 0 nitrogen and oxygen atoms in total. The molecule has 27 heavy (non-hydrogen) atoms. The first-order valence-electron chi connectivity index (χ1n) is 10.1. The van der Waals surface area contributed by atoms with Crippen LogP contribution < -0.4 is 0 Å². The topological polar surface area (TPSA) is 0 Å². The fraction of sp³-hybridized carbons (Fsp3) is 0.360. The highest BCUT2D eigenvalue weighted by atomic mass is 19.2. The van der Waals surface area contributed by atoms with E-state index in [-0.39, 0.29) is 0 Å². The molecule has 0 heterocycles. The second-order valence-corrected chi connectivity index (χ2v) is 7.87. The number of hydrogen-bond donors (Lipinski definition) is 0. The molecule has 1 aliphatic carbocycles. The number of fused-ring (bicyclic) bond motifs is 2. The van der Waals surface area contributed by atoms with E-state index in [1.165, 1.54) is 53.3 Å². The van der Waals surface area contributed by atoms with Crippen LogP contribution in [0.15, 0.2) is 48.5 Å². The highest BCUT2D eigenvalue weighted by Crippen LogP contribution is 2.35. The molecule has 0 bridgehead atoms. The van der Waals surface area contributed by atoms with Gasteiger partial charge in [0.2, 0.25) is 0 Å². The number of aryl methyl sites for hydroxylation is 2. The summed E-state index contributed by atoms with van der Waals surface area (Å²) in [5.41, 5.74) is 4.63. The third kappa shape index (κ3) is 3.90. The molecule has 0 radical (unpaired) electrons. The summed E-state index contributed by atoms with van der Waals surface area (Å²) in [6, 6.07) is 16.3. The average Bonchev–Trinajstić information content (AvgIpc) is 2.68. The van der Waals surface area contributed by atoms with E-state index >= 15 is 0 Å². The largest absolute Gasteiger partial charge is 0.204 e. The van der Waals surface area contributed by atoms with Crippen molar-refractivity contribution in [2.75, 3.05) is 0 Å². The van der Waals surface area contributed by atoms with Gasteiger partial charge >= 0.3 is 0 Å². The number of unbranched alkanes of at least 4 members (excludes halogenated alkanes) is 2. The zero-order valence-electron chi connectivity index (χ0n) is 15.9. The Morgan fingerprint density at radius 1 is 0.852 bits per heavy atom. The van der Waals surface area contributed by atoms with Crippen LogP contribution in [0.2, 0.25) is 0 Å². The van der Waals surface area contributed by atoms with Gasteiger partial charge in [0.05, 0.1) is 0 Å². The van der Waals surface area contributed by atoms with Crippen molar-refractivity contribution < 1.29 is 8.78 Å². The summed E-state index contributed by atoms with van der Waals surface area (Å²) in [6.07, 6.45) is 7.51. The first-order chi connectivity index (χ1) is 13.1. The van der Waals surface area contributed by atoms with E-state index in [1.807, 2.05) is 0 Å². The minimum Gasteiger partial charge on any atom is -0.204 e. The quantitative estimate of drug-likeness (QED) is 0.423. The molecule has 140 valence electrons. The summed E-state index contributed by atoms with van der Waals surface area (Å²) < 4.78 is 27.1. The Morgan fingerprint density at radius 3 is 2.41 bits per heavy atom. The standard InChI is InChI=1S/C25H26F2/c1-2-3-4-5-17-6-7-19-13-20(9-8-18(19)12-17)21-10-11-22-15-24(26)25(27)16-23(22)14-21/h6-9,12-13,15-16,21H,2-5,10-11,14H2,1H3. The molecule has 3 aromatic rings. The maximum Gasteiger partial charge on any atom is 0.159 e. The Kier molecular flexibility index (Phi) is 5.24. The van der Waals surface area contributed by atoms with Crippen molar-refractivity contribution in [2.45, 2.75) is 57.8 Å². The van der Waals surface area contributed by atoms with Gasteiger partial charge in [0.1, 0.15) is 0 Å². The van der Waals surface area contributed by atoms with Gasteiger partial charge in [-0.1, -0.05) is 56.2 Å². The van der Waals surface area contributed by atoms with Gasteiger partial charge in [-0.15, -0.1) is 0 Å². The maximum atomic E-state index is 13.6. The van der Waals surface area contributed by atoms with Gasteiger partial charge in [-0.3, -0.25) is 0 Å².